The molecule has 1 aromatic carbocycles. The van der Waals surface area contributed by atoms with Gasteiger partial charge in [0.15, 0.2) is 0 Å². The SMILES string of the molecule is CCC1(C(=O)NCCc2ccc([N+](=O)[O-])cc2)CCCN1.Cl. The van der Waals surface area contributed by atoms with Crippen molar-refractivity contribution in [3.8, 4) is 0 Å². The molecule has 0 radical (unpaired) electrons. The first-order valence-corrected chi connectivity index (χ1v) is 7.34. The number of benzene rings is 1. The van der Waals surface area contributed by atoms with Crippen LogP contribution in [0.5, 0.6) is 0 Å². The molecule has 2 N–H and O–H groups in total. The van der Waals surface area contributed by atoms with Crippen molar-refractivity contribution in [2.24, 2.45) is 0 Å². The summed E-state index contributed by atoms with van der Waals surface area (Å²) in [7, 11) is 0. The highest BCUT2D eigenvalue weighted by atomic mass is 35.5. The number of nitrogens with zero attached hydrogens (tertiary/aromatic N) is 1. The Morgan fingerprint density at radius 3 is 2.59 bits per heavy atom. The van der Waals surface area contributed by atoms with Gasteiger partial charge in [0.1, 0.15) is 0 Å². The largest absolute Gasteiger partial charge is 0.354 e. The molecule has 0 spiro atoms. The first-order chi connectivity index (χ1) is 10.1. The quantitative estimate of drug-likeness (QED) is 0.619. The summed E-state index contributed by atoms with van der Waals surface area (Å²) >= 11 is 0. The lowest BCUT2D eigenvalue weighted by Crippen LogP contribution is -2.53. The van der Waals surface area contributed by atoms with Crippen LogP contribution in [0.4, 0.5) is 5.69 Å². The minimum absolute atomic E-state index is 0. The van der Waals surface area contributed by atoms with Gasteiger partial charge in [-0.25, -0.2) is 0 Å². The lowest BCUT2D eigenvalue weighted by Gasteiger charge is -2.26. The predicted molar refractivity (Wildman–Crippen MR) is 87.3 cm³/mol. The third kappa shape index (κ3) is 4.18. The van der Waals surface area contributed by atoms with Crippen molar-refractivity contribution in [1.82, 2.24) is 10.6 Å². The number of carbonyl (C=O) groups is 1. The average Bonchev–Trinajstić information content (AvgIpc) is 2.98. The van der Waals surface area contributed by atoms with Crippen LogP contribution in [0.1, 0.15) is 31.7 Å². The minimum Gasteiger partial charge on any atom is -0.354 e. The number of nitro benzene ring substituents is 1. The molecule has 1 saturated heterocycles. The van der Waals surface area contributed by atoms with E-state index < -0.39 is 10.5 Å². The highest BCUT2D eigenvalue weighted by molar-refractivity contribution is 5.86. The predicted octanol–water partition coefficient (Wildman–Crippen LogP) is 2.21. The fraction of sp³-hybridized carbons (Fsp3) is 0.533. The van der Waals surface area contributed by atoms with Crippen molar-refractivity contribution in [3.63, 3.8) is 0 Å². The van der Waals surface area contributed by atoms with E-state index in [2.05, 4.69) is 10.6 Å². The molecule has 7 heteroatoms. The molecule has 22 heavy (non-hydrogen) atoms. The first-order valence-electron chi connectivity index (χ1n) is 7.34. The van der Waals surface area contributed by atoms with E-state index in [4.69, 9.17) is 0 Å². The zero-order valence-electron chi connectivity index (χ0n) is 12.6. The molecule has 2 rings (SSSR count). The zero-order valence-corrected chi connectivity index (χ0v) is 13.4. The summed E-state index contributed by atoms with van der Waals surface area (Å²) in [5.74, 6) is 0.0596. The molecule has 0 saturated carbocycles. The van der Waals surface area contributed by atoms with Gasteiger partial charge in [0.25, 0.3) is 5.69 Å². The van der Waals surface area contributed by atoms with E-state index >= 15 is 0 Å². The van der Waals surface area contributed by atoms with Gasteiger partial charge < -0.3 is 10.6 Å². The molecule has 6 nitrogen and oxygen atoms in total. The second-order valence-electron chi connectivity index (χ2n) is 5.40. The van der Waals surface area contributed by atoms with E-state index in [0.29, 0.717) is 13.0 Å². The van der Waals surface area contributed by atoms with Crippen molar-refractivity contribution in [2.75, 3.05) is 13.1 Å². The smallest absolute Gasteiger partial charge is 0.269 e. The fourth-order valence-electron chi connectivity index (χ4n) is 2.74. The molecule has 1 aliphatic rings. The van der Waals surface area contributed by atoms with Crippen LogP contribution in [-0.4, -0.2) is 29.5 Å². The highest BCUT2D eigenvalue weighted by Gasteiger charge is 2.38. The summed E-state index contributed by atoms with van der Waals surface area (Å²) in [5.41, 5.74) is 0.656. The van der Waals surface area contributed by atoms with E-state index in [1.165, 1.54) is 12.1 Å². The number of rotatable bonds is 6. The van der Waals surface area contributed by atoms with Gasteiger partial charge in [-0.05, 0) is 37.8 Å². The summed E-state index contributed by atoms with van der Waals surface area (Å²) in [4.78, 5) is 22.4. The standard InChI is InChI=1S/C15H21N3O3.ClH/c1-2-15(9-3-10-17-15)14(19)16-11-8-12-4-6-13(7-5-12)18(20)21;/h4-7,17H,2-3,8-11H2,1H3,(H,16,19);1H. The maximum atomic E-state index is 12.3. The van der Waals surface area contributed by atoms with Crippen molar-refractivity contribution >= 4 is 24.0 Å². The van der Waals surface area contributed by atoms with Gasteiger partial charge in [0.2, 0.25) is 5.91 Å². The summed E-state index contributed by atoms with van der Waals surface area (Å²) in [6.45, 7) is 3.46. The van der Waals surface area contributed by atoms with Crippen molar-refractivity contribution < 1.29 is 9.72 Å². The molecule has 122 valence electrons. The van der Waals surface area contributed by atoms with Gasteiger partial charge in [-0.15, -0.1) is 12.4 Å². The van der Waals surface area contributed by atoms with Crippen molar-refractivity contribution in [3.05, 3.63) is 39.9 Å². The summed E-state index contributed by atoms with van der Waals surface area (Å²) in [6.07, 6.45) is 3.37. The van der Waals surface area contributed by atoms with Gasteiger partial charge >= 0.3 is 0 Å². The Balaban J connectivity index is 0.00000242. The molecular weight excluding hydrogens is 306 g/mol. The number of nitrogens with one attached hydrogen (secondary N) is 2. The van der Waals surface area contributed by atoms with Crippen LogP contribution >= 0.6 is 12.4 Å². The van der Waals surface area contributed by atoms with Gasteiger partial charge in [-0.3, -0.25) is 14.9 Å². The third-order valence-corrected chi connectivity index (χ3v) is 4.13. The lowest BCUT2D eigenvalue weighted by molar-refractivity contribution is -0.384. The number of amides is 1. The molecule has 1 fully saturated rings. The van der Waals surface area contributed by atoms with Crippen LogP contribution in [0.2, 0.25) is 0 Å². The number of carbonyl (C=O) groups excluding carboxylic acids is 1. The van der Waals surface area contributed by atoms with Crippen molar-refractivity contribution in [2.45, 2.75) is 38.1 Å². The molecule has 0 aliphatic carbocycles. The Morgan fingerprint density at radius 1 is 1.41 bits per heavy atom. The molecule has 1 heterocycles. The Bertz CT molecular complexity index is 513. The molecule has 0 bridgehead atoms. The molecule has 1 amide bonds. The fourth-order valence-corrected chi connectivity index (χ4v) is 2.74. The van der Waals surface area contributed by atoms with Crippen LogP contribution in [0, 0.1) is 10.1 Å². The third-order valence-electron chi connectivity index (χ3n) is 4.13. The normalized spacial score (nSPS) is 20.2. The maximum Gasteiger partial charge on any atom is 0.269 e. The Labute approximate surface area is 136 Å². The number of hydrogen-bond donors (Lipinski definition) is 2. The second-order valence-corrected chi connectivity index (χ2v) is 5.40. The first kappa shape index (κ1) is 18.4. The van der Waals surface area contributed by atoms with Gasteiger partial charge in [-0.1, -0.05) is 19.1 Å². The van der Waals surface area contributed by atoms with E-state index in [0.717, 1.165) is 31.4 Å². The van der Waals surface area contributed by atoms with E-state index in [-0.39, 0.29) is 24.0 Å². The van der Waals surface area contributed by atoms with Crippen LogP contribution < -0.4 is 10.6 Å². The van der Waals surface area contributed by atoms with Gasteiger partial charge in [0.05, 0.1) is 10.5 Å². The Morgan fingerprint density at radius 2 is 2.09 bits per heavy atom. The van der Waals surface area contributed by atoms with Gasteiger partial charge in [-0.2, -0.15) is 0 Å². The Hall–Kier alpha value is -1.66. The number of nitro groups is 1. The van der Waals surface area contributed by atoms with Crippen LogP contribution in [0.15, 0.2) is 24.3 Å². The monoisotopic (exact) mass is 327 g/mol. The molecule has 1 unspecified atom stereocenters. The molecular formula is C15H22ClN3O3. The Kier molecular flexibility index (Phi) is 6.77. The number of halogens is 1. The van der Waals surface area contributed by atoms with Crippen LogP contribution in [0.25, 0.3) is 0 Å². The van der Waals surface area contributed by atoms with E-state index in [9.17, 15) is 14.9 Å². The zero-order chi connectivity index (χ0) is 15.3. The topological polar surface area (TPSA) is 84.3 Å². The van der Waals surface area contributed by atoms with E-state index in [1.54, 1.807) is 12.1 Å². The highest BCUT2D eigenvalue weighted by Crippen LogP contribution is 2.23. The summed E-state index contributed by atoms with van der Waals surface area (Å²) in [6, 6.07) is 6.44. The number of hydrogen-bond acceptors (Lipinski definition) is 4. The van der Waals surface area contributed by atoms with Crippen LogP contribution in [-0.2, 0) is 11.2 Å². The van der Waals surface area contributed by atoms with Crippen molar-refractivity contribution in [1.29, 1.82) is 0 Å². The average molecular weight is 328 g/mol. The van der Waals surface area contributed by atoms with E-state index in [1.807, 2.05) is 6.92 Å². The molecule has 1 aliphatic heterocycles. The molecule has 0 aromatic heterocycles. The number of non-ortho nitro benzene ring substituents is 1. The second kappa shape index (κ2) is 8.10. The maximum absolute atomic E-state index is 12.3. The summed E-state index contributed by atoms with van der Waals surface area (Å²) in [5, 5.41) is 16.8. The molecule has 1 aromatic rings. The minimum atomic E-state index is -0.414. The molecule has 1 atom stereocenters. The lowest BCUT2D eigenvalue weighted by atomic mass is 9.93. The summed E-state index contributed by atoms with van der Waals surface area (Å²) < 4.78 is 0. The van der Waals surface area contributed by atoms with Gasteiger partial charge in [0, 0.05) is 18.7 Å². The van der Waals surface area contributed by atoms with Crippen LogP contribution in [0.3, 0.4) is 0 Å².